The van der Waals surface area contributed by atoms with Crippen LogP contribution < -0.4 is 5.32 Å². The zero-order valence-corrected chi connectivity index (χ0v) is 19.3. The van der Waals surface area contributed by atoms with Gasteiger partial charge in [0.1, 0.15) is 0 Å². The standard InChI is InChI=1S/C23H48N2O3/c1-5-6-7-8-12-18-27-19-13-9-14-20-28-21-16-23(26)24-22(2)15-10-11-17-25(3)4/h22H,5-21H2,1-4H3,(H,24,26). The Morgan fingerprint density at radius 1 is 0.821 bits per heavy atom. The van der Waals surface area contributed by atoms with Crippen molar-refractivity contribution in [2.24, 2.45) is 0 Å². The van der Waals surface area contributed by atoms with E-state index in [1.807, 2.05) is 0 Å². The van der Waals surface area contributed by atoms with Gasteiger partial charge in [0.05, 0.1) is 6.61 Å². The van der Waals surface area contributed by atoms with Crippen molar-refractivity contribution >= 4 is 5.91 Å². The number of carbonyl (C=O) groups excluding carboxylic acids is 1. The molecule has 0 spiro atoms. The van der Waals surface area contributed by atoms with E-state index < -0.39 is 0 Å². The summed E-state index contributed by atoms with van der Waals surface area (Å²) in [7, 11) is 4.19. The van der Waals surface area contributed by atoms with Crippen molar-refractivity contribution in [2.75, 3.05) is 47.1 Å². The SMILES string of the molecule is CCCCCCCOCCCCCOCCC(=O)NC(C)CCCCN(C)C. The fourth-order valence-corrected chi connectivity index (χ4v) is 3.06. The molecule has 0 saturated carbocycles. The van der Waals surface area contributed by atoms with E-state index in [-0.39, 0.29) is 11.9 Å². The number of amides is 1. The van der Waals surface area contributed by atoms with Crippen LogP contribution in [-0.2, 0) is 14.3 Å². The molecular weight excluding hydrogens is 352 g/mol. The first kappa shape index (κ1) is 27.4. The van der Waals surface area contributed by atoms with E-state index in [1.165, 1.54) is 38.5 Å². The van der Waals surface area contributed by atoms with Crippen molar-refractivity contribution in [3.63, 3.8) is 0 Å². The number of hydrogen-bond donors (Lipinski definition) is 1. The van der Waals surface area contributed by atoms with Crippen molar-refractivity contribution in [1.82, 2.24) is 10.2 Å². The van der Waals surface area contributed by atoms with Gasteiger partial charge in [0.2, 0.25) is 5.91 Å². The molecule has 1 atom stereocenters. The molecule has 5 nitrogen and oxygen atoms in total. The average Bonchev–Trinajstić information content (AvgIpc) is 2.65. The predicted octanol–water partition coefficient (Wildman–Crippen LogP) is 4.79. The molecule has 0 aromatic carbocycles. The van der Waals surface area contributed by atoms with E-state index >= 15 is 0 Å². The van der Waals surface area contributed by atoms with Gasteiger partial charge in [-0.3, -0.25) is 4.79 Å². The van der Waals surface area contributed by atoms with Gasteiger partial charge >= 0.3 is 0 Å². The summed E-state index contributed by atoms with van der Waals surface area (Å²) in [4.78, 5) is 14.1. The van der Waals surface area contributed by atoms with Crippen LogP contribution in [0.5, 0.6) is 0 Å². The van der Waals surface area contributed by atoms with E-state index in [2.05, 4.69) is 38.2 Å². The lowest BCUT2D eigenvalue weighted by Crippen LogP contribution is -2.33. The maximum Gasteiger partial charge on any atom is 0.222 e. The number of nitrogens with one attached hydrogen (secondary N) is 1. The van der Waals surface area contributed by atoms with Gasteiger partial charge in [0, 0.05) is 32.3 Å². The van der Waals surface area contributed by atoms with Crippen molar-refractivity contribution < 1.29 is 14.3 Å². The summed E-state index contributed by atoms with van der Waals surface area (Å²) in [6.07, 6.45) is 13.6. The molecule has 0 fully saturated rings. The number of hydrogen-bond acceptors (Lipinski definition) is 4. The molecule has 168 valence electrons. The molecule has 1 unspecified atom stereocenters. The first-order valence-electron chi connectivity index (χ1n) is 11.7. The Kier molecular flexibility index (Phi) is 20.6. The lowest BCUT2D eigenvalue weighted by atomic mass is 10.1. The summed E-state index contributed by atoms with van der Waals surface area (Å²) in [5, 5.41) is 3.07. The molecular formula is C23H48N2O3. The second-order valence-electron chi connectivity index (χ2n) is 8.22. The maximum atomic E-state index is 11.9. The van der Waals surface area contributed by atoms with Gasteiger partial charge in [-0.1, -0.05) is 39.0 Å². The molecule has 0 saturated heterocycles. The van der Waals surface area contributed by atoms with Crippen LogP contribution in [0.4, 0.5) is 0 Å². The Morgan fingerprint density at radius 2 is 1.39 bits per heavy atom. The Balaban J connectivity index is 3.27. The van der Waals surface area contributed by atoms with Crippen LogP contribution in [-0.4, -0.2) is 63.9 Å². The number of carbonyl (C=O) groups is 1. The molecule has 28 heavy (non-hydrogen) atoms. The largest absolute Gasteiger partial charge is 0.381 e. The Morgan fingerprint density at radius 3 is 2.00 bits per heavy atom. The van der Waals surface area contributed by atoms with Gasteiger partial charge in [0.15, 0.2) is 0 Å². The van der Waals surface area contributed by atoms with Crippen molar-refractivity contribution in [3.05, 3.63) is 0 Å². The van der Waals surface area contributed by atoms with Gasteiger partial charge in [0.25, 0.3) is 0 Å². The molecule has 0 aliphatic rings. The highest BCUT2D eigenvalue weighted by atomic mass is 16.5. The number of nitrogens with zero attached hydrogens (tertiary/aromatic N) is 1. The quantitative estimate of drug-likeness (QED) is 0.282. The first-order valence-corrected chi connectivity index (χ1v) is 11.7. The molecule has 0 heterocycles. The Labute approximate surface area is 174 Å². The Bertz CT molecular complexity index is 338. The summed E-state index contributed by atoms with van der Waals surface area (Å²) < 4.78 is 11.2. The topological polar surface area (TPSA) is 50.8 Å². The van der Waals surface area contributed by atoms with E-state index in [0.717, 1.165) is 58.5 Å². The molecule has 5 heteroatoms. The zero-order valence-electron chi connectivity index (χ0n) is 19.3. The fourth-order valence-electron chi connectivity index (χ4n) is 3.06. The molecule has 0 aliphatic heterocycles. The van der Waals surface area contributed by atoms with E-state index in [1.54, 1.807) is 0 Å². The number of unbranched alkanes of at least 4 members (excludes halogenated alkanes) is 7. The number of ether oxygens (including phenoxy) is 2. The molecule has 0 aromatic rings. The third-order valence-electron chi connectivity index (χ3n) is 4.84. The van der Waals surface area contributed by atoms with Gasteiger partial charge in [-0.05, 0) is 66.1 Å². The highest BCUT2D eigenvalue weighted by molar-refractivity contribution is 5.76. The molecule has 0 bridgehead atoms. The lowest BCUT2D eigenvalue weighted by molar-refractivity contribution is -0.122. The van der Waals surface area contributed by atoms with Gasteiger partial charge < -0.3 is 19.7 Å². The smallest absolute Gasteiger partial charge is 0.222 e. The average molecular weight is 401 g/mol. The molecule has 1 N–H and O–H groups in total. The minimum absolute atomic E-state index is 0.104. The third kappa shape index (κ3) is 21.6. The maximum absolute atomic E-state index is 11.9. The van der Waals surface area contributed by atoms with E-state index in [0.29, 0.717) is 13.0 Å². The van der Waals surface area contributed by atoms with Crippen LogP contribution >= 0.6 is 0 Å². The van der Waals surface area contributed by atoms with Crippen molar-refractivity contribution in [1.29, 1.82) is 0 Å². The minimum atomic E-state index is 0.104. The lowest BCUT2D eigenvalue weighted by Gasteiger charge is -2.15. The fraction of sp³-hybridized carbons (Fsp3) is 0.957. The summed E-state index contributed by atoms with van der Waals surface area (Å²) in [6, 6.07) is 0.251. The highest BCUT2D eigenvalue weighted by Crippen LogP contribution is 2.04. The predicted molar refractivity (Wildman–Crippen MR) is 119 cm³/mol. The zero-order chi connectivity index (χ0) is 20.9. The van der Waals surface area contributed by atoms with Crippen LogP contribution in [0.3, 0.4) is 0 Å². The third-order valence-corrected chi connectivity index (χ3v) is 4.84. The van der Waals surface area contributed by atoms with Crippen LogP contribution in [0.2, 0.25) is 0 Å². The normalized spacial score (nSPS) is 12.5. The van der Waals surface area contributed by atoms with Crippen LogP contribution in [0.25, 0.3) is 0 Å². The van der Waals surface area contributed by atoms with Gasteiger partial charge in [-0.2, -0.15) is 0 Å². The second-order valence-corrected chi connectivity index (χ2v) is 8.22. The van der Waals surface area contributed by atoms with E-state index in [4.69, 9.17) is 9.47 Å². The van der Waals surface area contributed by atoms with Gasteiger partial charge in [-0.25, -0.2) is 0 Å². The van der Waals surface area contributed by atoms with Crippen LogP contribution in [0.15, 0.2) is 0 Å². The monoisotopic (exact) mass is 400 g/mol. The molecule has 0 rings (SSSR count). The summed E-state index contributed by atoms with van der Waals surface area (Å²) in [5.41, 5.74) is 0. The van der Waals surface area contributed by atoms with Crippen molar-refractivity contribution in [2.45, 2.75) is 96.9 Å². The summed E-state index contributed by atoms with van der Waals surface area (Å²) >= 11 is 0. The first-order chi connectivity index (χ1) is 13.6. The number of rotatable bonds is 21. The molecule has 0 radical (unpaired) electrons. The molecule has 0 aliphatic carbocycles. The van der Waals surface area contributed by atoms with Crippen LogP contribution in [0.1, 0.15) is 90.9 Å². The Hall–Kier alpha value is -0.650. The van der Waals surface area contributed by atoms with Gasteiger partial charge in [-0.15, -0.1) is 0 Å². The van der Waals surface area contributed by atoms with E-state index in [9.17, 15) is 4.79 Å². The summed E-state index contributed by atoms with van der Waals surface area (Å²) in [6.45, 7) is 8.47. The van der Waals surface area contributed by atoms with Crippen molar-refractivity contribution in [3.8, 4) is 0 Å². The van der Waals surface area contributed by atoms with Crippen LogP contribution in [0, 0.1) is 0 Å². The minimum Gasteiger partial charge on any atom is -0.381 e. The molecule has 1 amide bonds. The summed E-state index contributed by atoms with van der Waals surface area (Å²) in [5.74, 6) is 0.104. The highest BCUT2D eigenvalue weighted by Gasteiger charge is 2.07. The second kappa shape index (κ2) is 21.1. The molecule has 0 aromatic heterocycles.